The molecule has 1 saturated carbocycles. The molecule has 1 aromatic heterocycles. The number of carbonyl (C=O) groups excluding carboxylic acids is 1. The summed E-state index contributed by atoms with van der Waals surface area (Å²) in [6.45, 7) is 2.24. The highest BCUT2D eigenvalue weighted by Gasteiger charge is 2.27. The summed E-state index contributed by atoms with van der Waals surface area (Å²) in [5, 5.41) is 0.271. The smallest absolute Gasteiger partial charge is 0.257 e. The second-order valence-electron chi connectivity index (χ2n) is 5.49. The fourth-order valence-electron chi connectivity index (χ4n) is 2.87. The molecule has 20 heavy (non-hydrogen) atoms. The van der Waals surface area contributed by atoms with Gasteiger partial charge in [-0.2, -0.15) is 0 Å². The SMILES string of the molecule is CCC1CCC(N(C)C(=O)c2cc(Br)cnc2Cl)CC1. The van der Waals surface area contributed by atoms with Gasteiger partial charge in [-0.05, 0) is 53.6 Å². The second kappa shape index (κ2) is 6.90. The van der Waals surface area contributed by atoms with E-state index in [9.17, 15) is 4.79 Å². The van der Waals surface area contributed by atoms with Crippen LogP contribution in [0, 0.1) is 5.92 Å². The molecule has 0 aliphatic heterocycles. The van der Waals surface area contributed by atoms with Crippen molar-refractivity contribution in [3.05, 3.63) is 27.5 Å². The largest absolute Gasteiger partial charge is 0.339 e. The molecule has 0 saturated heterocycles. The number of amides is 1. The second-order valence-corrected chi connectivity index (χ2v) is 6.76. The third kappa shape index (κ3) is 3.53. The Morgan fingerprint density at radius 3 is 2.70 bits per heavy atom. The Kier molecular flexibility index (Phi) is 5.44. The van der Waals surface area contributed by atoms with Gasteiger partial charge in [-0.1, -0.05) is 24.9 Å². The van der Waals surface area contributed by atoms with Crippen molar-refractivity contribution in [2.45, 2.75) is 45.1 Å². The van der Waals surface area contributed by atoms with Crippen LogP contribution in [-0.4, -0.2) is 28.9 Å². The molecule has 1 fully saturated rings. The highest BCUT2D eigenvalue weighted by molar-refractivity contribution is 9.10. The first kappa shape index (κ1) is 15.8. The molecule has 1 aromatic rings. The summed E-state index contributed by atoms with van der Waals surface area (Å²) in [5.74, 6) is 0.787. The van der Waals surface area contributed by atoms with Gasteiger partial charge in [-0.25, -0.2) is 4.98 Å². The van der Waals surface area contributed by atoms with Gasteiger partial charge >= 0.3 is 0 Å². The van der Waals surface area contributed by atoms with Gasteiger partial charge in [0.05, 0.1) is 5.56 Å². The van der Waals surface area contributed by atoms with Gasteiger partial charge in [0, 0.05) is 23.8 Å². The predicted octanol–water partition coefficient (Wildman–Crippen LogP) is 4.54. The van der Waals surface area contributed by atoms with E-state index in [1.54, 1.807) is 12.3 Å². The van der Waals surface area contributed by atoms with Crippen molar-refractivity contribution in [2.24, 2.45) is 5.92 Å². The van der Waals surface area contributed by atoms with Crippen LogP contribution in [0.15, 0.2) is 16.7 Å². The number of nitrogens with zero attached hydrogens (tertiary/aromatic N) is 2. The molecule has 110 valence electrons. The molecule has 1 aliphatic carbocycles. The van der Waals surface area contributed by atoms with Gasteiger partial charge in [0.15, 0.2) is 0 Å². The molecule has 0 atom stereocenters. The van der Waals surface area contributed by atoms with Crippen molar-refractivity contribution in [3.63, 3.8) is 0 Å². The van der Waals surface area contributed by atoms with Crippen molar-refractivity contribution >= 4 is 33.4 Å². The normalized spacial score (nSPS) is 22.6. The van der Waals surface area contributed by atoms with Crippen molar-refractivity contribution < 1.29 is 4.79 Å². The molecule has 0 radical (unpaired) electrons. The Hall–Kier alpha value is -0.610. The molecule has 1 amide bonds. The summed E-state index contributed by atoms with van der Waals surface area (Å²) in [7, 11) is 1.87. The topological polar surface area (TPSA) is 33.2 Å². The maximum absolute atomic E-state index is 12.5. The average Bonchev–Trinajstić information content (AvgIpc) is 2.48. The van der Waals surface area contributed by atoms with E-state index in [1.807, 2.05) is 11.9 Å². The Bertz CT molecular complexity index is 487. The molecule has 2 rings (SSSR count). The minimum absolute atomic E-state index is 0.0382. The van der Waals surface area contributed by atoms with Crippen LogP contribution in [0.25, 0.3) is 0 Å². The van der Waals surface area contributed by atoms with Crippen LogP contribution in [0.2, 0.25) is 5.15 Å². The molecule has 1 heterocycles. The predicted molar refractivity (Wildman–Crippen MR) is 85.1 cm³/mol. The lowest BCUT2D eigenvalue weighted by molar-refractivity contribution is 0.0674. The van der Waals surface area contributed by atoms with Crippen molar-refractivity contribution in [1.29, 1.82) is 0 Å². The van der Waals surface area contributed by atoms with Crippen LogP contribution in [0.4, 0.5) is 0 Å². The minimum Gasteiger partial charge on any atom is -0.339 e. The maximum Gasteiger partial charge on any atom is 0.257 e. The first-order valence-corrected chi connectivity index (χ1v) is 8.28. The molecule has 0 unspecified atom stereocenters. The summed E-state index contributed by atoms with van der Waals surface area (Å²) < 4.78 is 0.772. The fourth-order valence-corrected chi connectivity index (χ4v) is 3.38. The summed E-state index contributed by atoms with van der Waals surface area (Å²) in [6.07, 6.45) is 7.43. The van der Waals surface area contributed by atoms with Gasteiger partial charge < -0.3 is 4.90 Å². The van der Waals surface area contributed by atoms with Gasteiger partial charge in [0.1, 0.15) is 5.15 Å². The molecule has 0 bridgehead atoms. The molecule has 3 nitrogen and oxygen atoms in total. The minimum atomic E-state index is -0.0382. The van der Waals surface area contributed by atoms with Crippen LogP contribution in [0.5, 0.6) is 0 Å². The number of rotatable bonds is 3. The molecule has 0 N–H and O–H groups in total. The molecular formula is C15H20BrClN2O. The number of hydrogen-bond donors (Lipinski definition) is 0. The zero-order valence-electron chi connectivity index (χ0n) is 11.9. The summed E-state index contributed by atoms with van der Waals surface area (Å²) in [5.41, 5.74) is 0.473. The van der Waals surface area contributed by atoms with Crippen molar-refractivity contribution in [1.82, 2.24) is 9.88 Å². The Balaban J connectivity index is 2.07. The van der Waals surface area contributed by atoms with Crippen LogP contribution < -0.4 is 0 Å². The van der Waals surface area contributed by atoms with E-state index >= 15 is 0 Å². The Labute approximate surface area is 133 Å². The number of pyridine rings is 1. The average molecular weight is 360 g/mol. The lowest BCUT2D eigenvalue weighted by Gasteiger charge is -2.34. The van der Waals surface area contributed by atoms with E-state index < -0.39 is 0 Å². The highest BCUT2D eigenvalue weighted by Crippen LogP contribution is 2.30. The van der Waals surface area contributed by atoms with E-state index in [-0.39, 0.29) is 11.1 Å². The summed E-state index contributed by atoms with van der Waals surface area (Å²) >= 11 is 9.38. The Morgan fingerprint density at radius 2 is 2.10 bits per heavy atom. The van der Waals surface area contributed by atoms with E-state index in [4.69, 9.17) is 11.6 Å². The fraction of sp³-hybridized carbons (Fsp3) is 0.600. The monoisotopic (exact) mass is 358 g/mol. The van der Waals surface area contributed by atoms with E-state index in [0.717, 1.165) is 23.2 Å². The van der Waals surface area contributed by atoms with Crippen LogP contribution in [-0.2, 0) is 0 Å². The van der Waals surface area contributed by atoms with Gasteiger partial charge in [-0.3, -0.25) is 4.79 Å². The molecular weight excluding hydrogens is 340 g/mol. The zero-order chi connectivity index (χ0) is 14.7. The molecule has 5 heteroatoms. The third-order valence-electron chi connectivity index (χ3n) is 4.30. The molecule has 0 spiro atoms. The Morgan fingerprint density at radius 1 is 1.45 bits per heavy atom. The number of halogens is 2. The van der Waals surface area contributed by atoms with Crippen molar-refractivity contribution in [3.8, 4) is 0 Å². The highest BCUT2D eigenvalue weighted by atomic mass is 79.9. The van der Waals surface area contributed by atoms with E-state index in [0.29, 0.717) is 11.6 Å². The van der Waals surface area contributed by atoms with Crippen LogP contribution >= 0.6 is 27.5 Å². The van der Waals surface area contributed by atoms with Gasteiger partial charge in [0.2, 0.25) is 0 Å². The number of aromatic nitrogens is 1. The van der Waals surface area contributed by atoms with Crippen molar-refractivity contribution in [2.75, 3.05) is 7.05 Å². The van der Waals surface area contributed by atoms with Gasteiger partial charge in [-0.15, -0.1) is 0 Å². The standard InChI is InChI=1S/C15H20BrClN2O/c1-3-10-4-6-12(7-5-10)19(2)15(20)13-8-11(16)9-18-14(13)17/h8-10,12H,3-7H2,1-2H3. The number of carbonyl (C=O) groups is 1. The first-order chi connectivity index (χ1) is 9.52. The third-order valence-corrected chi connectivity index (χ3v) is 5.03. The van der Waals surface area contributed by atoms with Crippen LogP contribution in [0.1, 0.15) is 49.4 Å². The van der Waals surface area contributed by atoms with E-state index in [2.05, 4.69) is 27.8 Å². The summed E-state index contributed by atoms with van der Waals surface area (Å²) in [4.78, 5) is 18.4. The molecule has 0 aromatic carbocycles. The van der Waals surface area contributed by atoms with Crippen LogP contribution in [0.3, 0.4) is 0 Å². The number of hydrogen-bond acceptors (Lipinski definition) is 2. The van der Waals surface area contributed by atoms with Gasteiger partial charge in [0.25, 0.3) is 5.91 Å². The molecule has 1 aliphatic rings. The first-order valence-electron chi connectivity index (χ1n) is 7.11. The zero-order valence-corrected chi connectivity index (χ0v) is 14.2. The van der Waals surface area contributed by atoms with E-state index in [1.165, 1.54) is 19.3 Å². The lowest BCUT2D eigenvalue weighted by atomic mass is 9.84. The summed E-state index contributed by atoms with van der Waals surface area (Å²) in [6, 6.07) is 2.06. The maximum atomic E-state index is 12.5. The quantitative estimate of drug-likeness (QED) is 0.742. The lowest BCUT2D eigenvalue weighted by Crippen LogP contribution is -2.39.